The lowest BCUT2D eigenvalue weighted by molar-refractivity contribution is 0.474. The van der Waals surface area contributed by atoms with E-state index in [0.29, 0.717) is 0 Å². The second kappa shape index (κ2) is 4.53. The van der Waals surface area contributed by atoms with Gasteiger partial charge in [0.05, 0.1) is 21.9 Å². The molecule has 0 saturated carbocycles. The quantitative estimate of drug-likeness (QED) is 0.561. The number of hydrogen-bond donors (Lipinski definition) is 1. The SMILES string of the molecule is Cc1ccc2nc(-c3ccc4ncc(O)cc4c3)sc2c1. The number of thiazole rings is 1. The van der Waals surface area contributed by atoms with Crippen molar-refractivity contribution in [3.63, 3.8) is 0 Å². The molecule has 21 heavy (non-hydrogen) atoms. The average Bonchev–Trinajstić information content (AvgIpc) is 2.89. The van der Waals surface area contributed by atoms with Gasteiger partial charge in [-0.25, -0.2) is 4.98 Å². The number of fused-ring (bicyclic) bond motifs is 2. The zero-order chi connectivity index (χ0) is 14.4. The summed E-state index contributed by atoms with van der Waals surface area (Å²) in [6.45, 7) is 2.09. The molecule has 0 aliphatic rings. The smallest absolute Gasteiger partial charge is 0.134 e. The van der Waals surface area contributed by atoms with Crippen LogP contribution in [0.4, 0.5) is 0 Å². The van der Waals surface area contributed by atoms with E-state index in [0.717, 1.165) is 27.0 Å². The van der Waals surface area contributed by atoms with E-state index in [9.17, 15) is 5.11 Å². The number of rotatable bonds is 1. The summed E-state index contributed by atoms with van der Waals surface area (Å²) < 4.78 is 1.19. The van der Waals surface area contributed by atoms with Crippen LogP contribution in [-0.2, 0) is 0 Å². The second-order valence-corrected chi connectivity index (χ2v) is 6.12. The molecular weight excluding hydrogens is 280 g/mol. The van der Waals surface area contributed by atoms with Crippen molar-refractivity contribution in [1.82, 2.24) is 9.97 Å². The Hall–Kier alpha value is -2.46. The van der Waals surface area contributed by atoms with Gasteiger partial charge >= 0.3 is 0 Å². The first-order valence-electron chi connectivity index (χ1n) is 6.65. The standard InChI is InChI=1S/C17H12N2OS/c1-10-2-4-15-16(6-10)21-17(19-15)11-3-5-14-12(7-11)8-13(20)9-18-14/h2-9,20H,1H3. The minimum atomic E-state index is 0.180. The zero-order valence-electron chi connectivity index (χ0n) is 11.4. The van der Waals surface area contributed by atoms with Crippen molar-refractivity contribution in [3.8, 4) is 16.3 Å². The molecule has 4 rings (SSSR count). The Kier molecular flexibility index (Phi) is 2.65. The monoisotopic (exact) mass is 292 g/mol. The molecule has 0 amide bonds. The normalized spacial score (nSPS) is 11.3. The van der Waals surface area contributed by atoms with Crippen LogP contribution < -0.4 is 0 Å². The highest BCUT2D eigenvalue weighted by Crippen LogP contribution is 2.32. The molecule has 1 N–H and O–H groups in total. The summed E-state index contributed by atoms with van der Waals surface area (Å²) >= 11 is 1.68. The highest BCUT2D eigenvalue weighted by atomic mass is 32.1. The highest BCUT2D eigenvalue weighted by molar-refractivity contribution is 7.21. The van der Waals surface area contributed by atoms with E-state index in [2.05, 4.69) is 35.1 Å². The topological polar surface area (TPSA) is 46.0 Å². The molecular formula is C17H12N2OS. The fourth-order valence-electron chi connectivity index (χ4n) is 2.41. The largest absolute Gasteiger partial charge is 0.506 e. The van der Waals surface area contributed by atoms with Crippen molar-refractivity contribution in [3.05, 3.63) is 54.2 Å². The number of aromatic hydroxyl groups is 1. The third kappa shape index (κ3) is 2.14. The number of benzene rings is 2. The van der Waals surface area contributed by atoms with Gasteiger partial charge in [0.1, 0.15) is 10.8 Å². The maximum atomic E-state index is 9.56. The minimum Gasteiger partial charge on any atom is -0.506 e. The summed E-state index contributed by atoms with van der Waals surface area (Å²) in [6.07, 6.45) is 1.46. The average molecular weight is 292 g/mol. The fourth-order valence-corrected chi connectivity index (χ4v) is 3.47. The van der Waals surface area contributed by atoms with Crippen LogP contribution in [0.5, 0.6) is 5.75 Å². The van der Waals surface area contributed by atoms with Gasteiger partial charge in [-0.1, -0.05) is 6.07 Å². The molecule has 2 heterocycles. The third-order valence-electron chi connectivity index (χ3n) is 3.46. The first-order chi connectivity index (χ1) is 10.2. The van der Waals surface area contributed by atoms with Gasteiger partial charge in [-0.15, -0.1) is 11.3 Å². The Balaban J connectivity index is 1.90. The number of aryl methyl sites for hydroxylation is 1. The third-order valence-corrected chi connectivity index (χ3v) is 4.52. The Morgan fingerprint density at radius 3 is 2.76 bits per heavy atom. The van der Waals surface area contributed by atoms with Crippen LogP contribution in [0.1, 0.15) is 5.56 Å². The maximum absolute atomic E-state index is 9.56. The van der Waals surface area contributed by atoms with E-state index < -0.39 is 0 Å². The first-order valence-corrected chi connectivity index (χ1v) is 7.47. The summed E-state index contributed by atoms with van der Waals surface area (Å²) in [4.78, 5) is 8.89. The predicted molar refractivity (Wildman–Crippen MR) is 86.8 cm³/mol. The van der Waals surface area contributed by atoms with Gasteiger partial charge in [0.2, 0.25) is 0 Å². The molecule has 0 fully saturated rings. The molecule has 0 radical (unpaired) electrons. The molecule has 4 heteroatoms. The Morgan fingerprint density at radius 1 is 1.00 bits per heavy atom. The van der Waals surface area contributed by atoms with Gasteiger partial charge < -0.3 is 5.11 Å². The number of aromatic nitrogens is 2. The molecule has 0 aliphatic carbocycles. The van der Waals surface area contributed by atoms with Crippen LogP contribution in [0, 0.1) is 6.92 Å². The number of hydrogen-bond acceptors (Lipinski definition) is 4. The van der Waals surface area contributed by atoms with E-state index in [1.807, 2.05) is 18.2 Å². The lowest BCUT2D eigenvalue weighted by Crippen LogP contribution is -1.81. The lowest BCUT2D eigenvalue weighted by Gasteiger charge is -2.00. The van der Waals surface area contributed by atoms with Gasteiger partial charge in [0.15, 0.2) is 0 Å². The number of pyridine rings is 1. The molecule has 0 aliphatic heterocycles. The molecule has 4 aromatic rings. The lowest BCUT2D eigenvalue weighted by atomic mass is 10.1. The molecule has 2 aromatic carbocycles. The summed E-state index contributed by atoms with van der Waals surface area (Å²) in [6, 6.07) is 14.0. The van der Waals surface area contributed by atoms with E-state index in [1.165, 1.54) is 16.5 Å². The van der Waals surface area contributed by atoms with Crippen molar-refractivity contribution in [2.45, 2.75) is 6.92 Å². The van der Waals surface area contributed by atoms with E-state index >= 15 is 0 Å². The predicted octanol–water partition coefficient (Wildman–Crippen LogP) is 4.53. The van der Waals surface area contributed by atoms with Crippen LogP contribution in [0.15, 0.2) is 48.7 Å². The van der Waals surface area contributed by atoms with Crippen molar-refractivity contribution in [2.75, 3.05) is 0 Å². The molecule has 0 spiro atoms. The fraction of sp³-hybridized carbons (Fsp3) is 0.0588. The van der Waals surface area contributed by atoms with Gasteiger partial charge in [-0.2, -0.15) is 0 Å². The molecule has 0 atom stereocenters. The Morgan fingerprint density at radius 2 is 1.86 bits per heavy atom. The molecule has 0 unspecified atom stereocenters. The molecule has 0 saturated heterocycles. The second-order valence-electron chi connectivity index (χ2n) is 5.09. The van der Waals surface area contributed by atoms with Crippen molar-refractivity contribution >= 4 is 32.5 Å². The van der Waals surface area contributed by atoms with E-state index in [4.69, 9.17) is 0 Å². The van der Waals surface area contributed by atoms with Crippen LogP contribution >= 0.6 is 11.3 Å². The van der Waals surface area contributed by atoms with E-state index in [1.54, 1.807) is 17.4 Å². The van der Waals surface area contributed by atoms with E-state index in [-0.39, 0.29) is 5.75 Å². The summed E-state index contributed by atoms with van der Waals surface area (Å²) in [5.74, 6) is 0.180. The summed E-state index contributed by atoms with van der Waals surface area (Å²) in [7, 11) is 0. The molecule has 102 valence electrons. The molecule has 2 aromatic heterocycles. The first kappa shape index (κ1) is 12.3. The van der Waals surface area contributed by atoms with Crippen LogP contribution in [0.25, 0.3) is 31.7 Å². The maximum Gasteiger partial charge on any atom is 0.134 e. The van der Waals surface area contributed by atoms with Crippen LogP contribution in [0.2, 0.25) is 0 Å². The summed E-state index contributed by atoms with van der Waals surface area (Å²) in [5.41, 5.74) is 4.18. The summed E-state index contributed by atoms with van der Waals surface area (Å²) in [5, 5.41) is 11.5. The molecule has 0 bridgehead atoms. The number of nitrogens with zero attached hydrogens (tertiary/aromatic N) is 2. The van der Waals surface area contributed by atoms with Gasteiger partial charge in [0, 0.05) is 10.9 Å². The van der Waals surface area contributed by atoms with Gasteiger partial charge in [-0.05, 0) is 48.9 Å². The van der Waals surface area contributed by atoms with Gasteiger partial charge in [-0.3, -0.25) is 4.98 Å². The Bertz CT molecular complexity index is 975. The van der Waals surface area contributed by atoms with Crippen molar-refractivity contribution < 1.29 is 5.11 Å². The van der Waals surface area contributed by atoms with Crippen LogP contribution in [-0.4, -0.2) is 15.1 Å². The van der Waals surface area contributed by atoms with Crippen LogP contribution in [0.3, 0.4) is 0 Å². The Labute approximate surface area is 125 Å². The van der Waals surface area contributed by atoms with Crippen molar-refractivity contribution in [1.29, 1.82) is 0 Å². The molecule has 3 nitrogen and oxygen atoms in total. The van der Waals surface area contributed by atoms with Gasteiger partial charge in [0.25, 0.3) is 0 Å². The highest BCUT2D eigenvalue weighted by Gasteiger charge is 2.07. The minimum absolute atomic E-state index is 0.180. The zero-order valence-corrected chi connectivity index (χ0v) is 12.2. The van der Waals surface area contributed by atoms with Crippen molar-refractivity contribution in [2.24, 2.45) is 0 Å².